The quantitative estimate of drug-likeness (QED) is 0.569. The molecule has 0 aliphatic carbocycles. The molecule has 2 amide bonds. The molecule has 0 aromatic heterocycles. The van der Waals surface area contributed by atoms with Gasteiger partial charge in [-0.3, -0.25) is 13.9 Å². The highest BCUT2D eigenvalue weighted by Crippen LogP contribution is 2.19. The Kier molecular flexibility index (Phi) is 8.99. The molecule has 0 spiro atoms. The Bertz CT molecular complexity index is 1070. The standard InChI is InChI=1S/C24H32FN3O4S/c1-6-18(3)26-24(30)19(4)27(15-20-9-7-8-17(2)14-20)23(29)16-28(33(5,31)32)22-12-10-21(25)11-13-22/h7-14,18-19H,6,15-16H2,1-5H3,(H,26,30)/t18-,19+/m0/s1. The van der Waals surface area contributed by atoms with E-state index in [0.717, 1.165) is 40.2 Å². The molecule has 33 heavy (non-hydrogen) atoms. The number of nitrogens with zero attached hydrogens (tertiary/aromatic N) is 2. The van der Waals surface area contributed by atoms with Gasteiger partial charge in [0.25, 0.3) is 0 Å². The topological polar surface area (TPSA) is 86.8 Å². The van der Waals surface area contributed by atoms with Gasteiger partial charge in [-0.15, -0.1) is 0 Å². The van der Waals surface area contributed by atoms with Crippen LogP contribution in [-0.2, 0) is 26.2 Å². The Morgan fingerprint density at radius 3 is 2.27 bits per heavy atom. The minimum Gasteiger partial charge on any atom is -0.352 e. The van der Waals surface area contributed by atoms with Crippen molar-refractivity contribution in [3.05, 3.63) is 65.5 Å². The van der Waals surface area contributed by atoms with Crippen LogP contribution in [0.15, 0.2) is 48.5 Å². The number of anilines is 1. The van der Waals surface area contributed by atoms with Crippen LogP contribution in [0.25, 0.3) is 0 Å². The van der Waals surface area contributed by atoms with Gasteiger partial charge in [0.2, 0.25) is 21.8 Å². The van der Waals surface area contributed by atoms with Crippen molar-refractivity contribution in [2.45, 2.75) is 52.7 Å². The van der Waals surface area contributed by atoms with Gasteiger partial charge < -0.3 is 10.2 Å². The summed E-state index contributed by atoms with van der Waals surface area (Å²) in [5.41, 5.74) is 1.99. The lowest BCUT2D eigenvalue weighted by atomic mass is 10.1. The maximum absolute atomic E-state index is 13.4. The zero-order valence-corrected chi connectivity index (χ0v) is 20.5. The second-order valence-electron chi connectivity index (χ2n) is 8.25. The number of nitrogens with one attached hydrogen (secondary N) is 1. The van der Waals surface area contributed by atoms with Gasteiger partial charge in [0, 0.05) is 12.6 Å². The Labute approximate surface area is 195 Å². The first-order chi connectivity index (χ1) is 15.4. The Balaban J connectivity index is 2.37. The van der Waals surface area contributed by atoms with E-state index in [1.54, 1.807) is 6.92 Å². The third-order valence-corrected chi connectivity index (χ3v) is 6.54. The highest BCUT2D eigenvalue weighted by Gasteiger charge is 2.30. The molecule has 2 aromatic carbocycles. The monoisotopic (exact) mass is 477 g/mol. The summed E-state index contributed by atoms with van der Waals surface area (Å²) in [6.45, 7) is 6.98. The van der Waals surface area contributed by atoms with Gasteiger partial charge in [-0.25, -0.2) is 12.8 Å². The van der Waals surface area contributed by atoms with Crippen molar-refractivity contribution < 1.29 is 22.4 Å². The number of hydrogen-bond acceptors (Lipinski definition) is 4. The highest BCUT2D eigenvalue weighted by molar-refractivity contribution is 7.92. The summed E-state index contributed by atoms with van der Waals surface area (Å²) < 4.78 is 39.2. The van der Waals surface area contributed by atoms with Gasteiger partial charge in [-0.2, -0.15) is 0 Å². The van der Waals surface area contributed by atoms with Crippen LogP contribution in [-0.4, -0.2) is 50.0 Å². The third-order valence-electron chi connectivity index (χ3n) is 5.40. The summed E-state index contributed by atoms with van der Waals surface area (Å²) in [5, 5.41) is 2.88. The second-order valence-corrected chi connectivity index (χ2v) is 10.2. The molecule has 0 unspecified atom stereocenters. The van der Waals surface area contributed by atoms with Gasteiger partial charge >= 0.3 is 0 Å². The summed E-state index contributed by atoms with van der Waals surface area (Å²) >= 11 is 0. The highest BCUT2D eigenvalue weighted by atomic mass is 32.2. The van der Waals surface area contributed by atoms with Crippen LogP contribution in [0.3, 0.4) is 0 Å². The maximum atomic E-state index is 13.4. The molecule has 0 heterocycles. The van der Waals surface area contributed by atoms with E-state index in [2.05, 4.69) is 5.32 Å². The van der Waals surface area contributed by atoms with Crippen LogP contribution < -0.4 is 9.62 Å². The van der Waals surface area contributed by atoms with Crippen LogP contribution in [0.5, 0.6) is 0 Å². The van der Waals surface area contributed by atoms with E-state index in [1.165, 1.54) is 17.0 Å². The lowest BCUT2D eigenvalue weighted by molar-refractivity contribution is -0.139. The van der Waals surface area contributed by atoms with Crippen LogP contribution in [0.4, 0.5) is 10.1 Å². The molecular weight excluding hydrogens is 445 g/mol. The SMILES string of the molecule is CC[C@H](C)NC(=O)[C@@H](C)N(Cc1cccc(C)c1)C(=O)CN(c1ccc(F)cc1)S(C)(=O)=O. The zero-order chi connectivity index (χ0) is 24.8. The molecule has 0 fully saturated rings. The van der Waals surface area contributed by atoms with E-state index in [9.17, 15) is 22.4 Å². The minimum atomic E-state index is -3.85. The summed E-state index contributed by atoms with van der Waals surface area (Å²) in [6.07, 6.45) is 1.71. The molecule has 2 rings (SSSR count). The van der Waals surface area contributed by atoms with Crippen molar-refractivity contribution >= 4 is 27.5 Å². The van der Waals surface area contributed by atoms with Crippen molar-refractivity contribution in [1.82, 2.24) is 10.2 Å². The van der Waals surface area contributed by atoms with Gasteiger partial charge in [0.05, 0.1) is 11.9 Å². The first-order valence-corrected chi connectivity index (χ1v) is 12.7. The molecule has 9 heteroatoms. The van der Waals surface area contributed by atoms with E-state index >= 15 is 0 Å². The van der Waals surface area contributed by atoms with E-state index in [1.807, 2.05) is 45.0 Å². The lowest BCUT2D eigenvalue weighted by Crippen LogP contribution is -2.52. The Morgan fingerprint density at radius 2 is 1.73 bits per heavy atom. The van der Waals surface area contributed by atoms with E-state index in [-0.39, 0.29) is 24.2 Å². The molecule has 0 aliphatic rings. The van der Waals surface area contributed by atoms with Crippen molar-refractivity contribution in [3.8, 4) is 0 Å². The minimum absolute atomic E-state index is 0.0670. The van der Waals surface area contributed by atoms with Gasteiger partial charge in [-0.05, 0) is 57.0 Å². The van der Waals surface area contributed by atoms with Crippen LogP contribution in [0.2, 0.25) is 0 Å². The van der Waals surface area contributed by atoms with E-state index in [4.69, 9.17) is 0 Å². The molecule has 0 saturated carbocycles. The zero-order valence-electron chi connectivity index (χ0n) is 19.7. The number of sulfonamides is 1. The van der Waals surface area contributed by atoms with Crippen LogP contribution >= 0.6 is 0 Å². The first-order valence-electron chi connectivity index (χ1n) is 10.8. The fraction of sp³-hybridized carbons (Fsp3) is 0.417. The smallest absolute Gasteiger partial charge is 0.244 e. The Hall–Kier alpha value is -2.94. The number of rotatable bonds is 10. The molecule has 2 aromatic rings. The van der Waals surface area contributed by atoms with Crippen molar-refractivity contribution in [2.75, 3.05) is 17.1 Å². The normalized spacial score (nSPS) is 13.2. The molecule has 1 N–H and O–H groups in total. The largest absolute Gasteiger partial charge is 0.352 e. The number of aryl methyl sites for hydroxylation is 1. The molecule has 0 saturated heterocycles. The van der Waals surface area contributed by atoms with Gasteiger partial charge in [-0.1, -0.05) is 36.8 Å². The van der Waals surface area contributed by atoms with Gasteiger partial charge in [0.15, 0.2) is 0 Å². The number of carbonyl (C=O) groups excluding carboxylic acids is 2. The summed E-state index contributed by atoms with van der Waals surface area (Å²) in [6, 6.07) is 11.5. The maximum Gasteiger partial charge on any atom is 0.244 e. The van der Waals surface area contributed by atoms with Crippen molar-refractivity contribution in [2.24, 2.45) is 0 Å². The lowest BCUT2D eigenvalue weighted by Gasteiger charge is -2.32. The Morgan fingerprint density at radius 1 is 1.09 bits per heavy atom. The van der Waals surface area contributed by atoms with Crippen molar-refractivity contribution in [3.63, 3.8) is 0 Å². The summed E-state index contributed by atoms with van der Waals surface area (Å²) in [5.74, 6) is -1.38. The predicted octanol–water partition coefficient (Wildman–Crippen LogP) is 3.23. The number of halogens is 1. The predicted molar refractivity (Wildman–Crippen MR) is 128 cm³/mol. The van der Waals surface area contributed by atoms with E-state index in [0.29, 0.717) is 0 Å². The van der Waals surface area contributed by atoms with Crippen LogP contribution in [0.1, 0.15) is 38.3 Å². The first kappa shape index (κ1) is 26.3. The molecule has 0 bridgehead atoms. The van der Waals surface area contributed by atoms with Crippen LogP contribution in [0, 0.1) is 12.7 Å². The average Bonchev–Trinajstić information content (AvgIpc) is 2.75. The fourth-order valence-corrected chi connectivity index (χ4v) is 4.13. The third kappa shape index (κ3) is 7.56. The second kappa shape index (κ2) is 11.3. The molecule has 0 aliphatic heterocycles. The average molecular weight is 478 g/mol. The number of amides is 2. The van der Waals surface area contributed by atoms with Gasteiger partial charge in [0.1, 0.15) is 18.4 Å². The fourth-order valence-electron chi connectivity index (χ4n) is 3.28. The number of benzene rings is 2. The molecule has 180 valence electrons. The molecule has 0 radical (unpaired) electrons. The number of carbonyl (C=O) groups is 2. The number of hydrogen-bond donors (Lipinski definition) is 1. The molecule has 2 atom stereocenters. The van der Waals surface area contributed by atoms with Crippen molar-refractivity contribution in [1.29, 1.82) is 0 Å². The molecule has 7 nitrogen and oxygen atoms in total. The molecular formula is C24H32FN3O4S. The summed E-state index contributed by atoms with van der Waals surface area (Å²) in [7, 11) is -3.85. The van der Waals surface area contributed by atoms with E-state index < -0.39 is 34.3 Å². The summed E-state index contributed by atoms with van der Waals surface area (Å²) in [4.78, 5) is 27.6.